The first kappa shape index (κ1) is 18.9. The average Bonchev–Trinajstić information content (AvgIpc) is 2.56. The average molecular weight is 314 g/mol. The Morgan fingerprint density at radius 2 is 1.64 bits per heavy atom. The van der Waals surface area contributed by atoms with Crippen molar-refractivity contribution in [3.05, 3.63) is 0 Å². The van der Waals surface area contributed by atoms with Gasteiger partial charge in [-0.3, -0.25) is 14.5 Å². The van der Waals surface area contributed by atoms with E-state index in [1.54, 1.807) is 0 Å². The van der Waals surface area contributed by atoms with Gasteiger partial charge in [0, 0.05) is 32.7 Å². The van der Waals surface area contributed by atoms with Gasteiger partial charge >= 0.3 is 11.8 Å². The molecule has 0 saturated carbocycles. The molecule has 22 heavy (non-hydrogen) atoms. The van der Waals surface area contributed by atoms with Gasteiger partial charge < -0.3 is 20.3 Å². The highest BCUT2D eigenvalue weighted by molar-refractivity contribution is 6.35. The van der Waals surface area contributed by atoms with Crippen molar-refractivity contribution in [1.29, 1.82) is 0 Å². The van der Waals surface area contributed by atoms with Gasteiger partial charge in [0.1, 0.15) is 0 Å². The van der Waals surface area contributed by atoms with Crippen LogP contribution in [0.4, 0.5) is 0 Å². The van der Waals surface area contributed by atoms with Crippen molar-refractivity contribution in [3.8, 4) is 0 Å². The van der Waals surface area contributed by atoms with E-state index in [0.717, 1.165) is 58.9 Å². The zero-order valence-corrected chi connectivity index (χ0v) is 13.9. The van der Waals surface area contributed by atoms with E-state index in [9.17, 15) is 9.59 Å². The summed E-state index contributed by atoms with van der Waals surface area (Å²) in [6.45, 7) is 12.2. The molecule has 1 aliphatic heterocycles. The third-order valence-corrected chi connectivity index (χ3v) is 3.85. The van der Waals surface area contributed by atoms with Gasteiger partial charge in [-0.1, -0.05) is 13.8 Å². The van der Waals surface area contributed by atoms with Gasteiger partial charge in [0.05, 0.1) is 13.2 Å². The highest BCUT2D eigenvalue weighted by Crippen LogP contribution is 1.97. The number of rotatable bonds is 9. The molecule has 7 heteroatoms. The fourth-order valence-electron chi connectivity index (χ4n) is 2.36. The third kappa shape index (κ3) is 7.72. The van der Waals surface area contributed by atoms with Gasteiger partial charge in [0.25, 0.3) is 0 Å². The van der Waals surface area contributed by atoms with E-state index >= 15 is 0 Å². The van der Waals surface area contributed by atoms with Crippen molar-refractivity contribution in [2.45, 2.75) is 20.3 Å². The highest BCUT2D eigenvalue weighted by Gasteiger charge is 2.13. The van der Waals surface area contributed by atoms with E-state index in [-0.39, 0.29) is 0 Å². The summed E-state index contributed by atoms with van der Waals surface area (Å²) >= 11 is 0. The van der Waals surface area contributed by atoms with Crippen molar-refractivity contribution in [1.82, 2.24) is 20.4 Å². The molecule has 2 amide bonds. The van der Waals surface area contributed by atoms with E-state index in [0.29, 0.717) is 13.1 Å². The van der Waals surface area contributed by atoms with Crippen LogP contribution in [0.25, 0.3) is 0 Å². The number of ether oxygens (including phenoxy) is 1. The normalized spacial score (nSPS) is 15.8. The van der Waals surface area contributed by atoms with E-state index in [1.807, 2.05) is 0 Å². The molecule has 1 saturated heterocycles. The Kier molecular flexibility index (Phi) is 9.77. The molecular formula is C15H30N4O3. The minimum atomic E-state index is -0.543. The predicted octanol–water partition coefficient (Wildman–Crippen LogP) is -0.717. The standard InChI is InChI=1S/C15H30N4O3/c1-3-18(4-2)9-7-17-15(21)14(20)16-6-5-8-19-10-12-22-13-11-19/h3-13H2,1-2H3,(H,16,20)(H,17,21). The number of hydrogen-bond donors (Lipinski definition) is 2. The van der Waals surface area contributed by atoms with Crippen molar-refractivity contribution in [3.63, 3.8) is 0 Å². The number of amides is 2. The third-order valence-electron chi connectivity index (χ3n) is 3.85. The topological polar surface area (TPSA) is 73.9 Å². The molecule has 0 aromatic rings. The Morgan fingerprint density at radius 3 is 2.23 bits per heavy atom. The van der Waals surface area contributed by atoms with Crippen LogP contribution in [0, 0.1) is 0 Å². The Balaban J connectivity index is 2.04. The zero-order chi connectivity index (χ0) is 16.2. The monoisotopic (exact) mass is 314 g/mol. The van der Waals surface area contributed by atoms with Gasteiger partial charge in [-0.05, 0) is 26.1 Å². The van der Waals surface area contributed by atoms with Gasteiger partial charge in [0.15, 0.2) is 0 Å². The summed E-state index contributed by atoms with van der Waals surface area (Å²) in [6, 6.07) is 0. The summed E-state index contributed by atoms with van der Waals surface area (Å²) in [5.74, 6) is -1.08. The number of hydrogen-bond acceptors (Lipinski definition) is 5. The van der Waals surface area contributed by atoms with Crippen molar-refractivity contribution in [2.24, 2.45) is 0 Å². The lowest BCUT2D eigenvalue weighted by Gasteiger charge is -2.26. The predicted molar refractivity (Wildman–Crippen MR) is 85.7 cm³/mol. The largest absolute Gasteiger partial charge is 0.379 e. The number of carbonyl (C=O) groups excluding carboxylic acids is 2. The van der Waals surface area contributed by atoms with Crippen LogP contribution in [0.15, 0.2) is 0 Å². The molecule has 0 unspecified atom stereocenters. The molecule has 0 spiro atoms. The van der Waals surface area contributed by atoms with E-state index in [1.165, 1.54) is 0 Å². The summed E-state index contributed by atoms with van der Waals surface area (Å²) in [7, 11) is 0. The second-order valence-electron chi connectivity index (χ2n) is 5.35. The Bertz CT molecular complexity index is 329. The maximum atomic E-state index is 11.6. The summed E-state index contributed by atoms with van der Waals surface area (Å²) in [5, 5.41) is 5.32. The fraction of sp³-hybridized carbons (Fsp3) is 0.867. The molecule has 1 aliphatic rings. The lowest BCUT2D eigenvalue weighted by atomic mass is 10.3. The maximum absolute atomic E-state index is 11.6. The highest BCUT2D eigenvalue weighted by atomic mass is 16.5. The molecule has 0 aromatic carbocycles. The summed E-state index contributed by atoms with van der Waals surface area (Å²) in [5.41, 5.74) is 0. The Morgan fingerprint density at radius 1 is 1.05 bits per heavy atom. The molecule has 0 aromatic heterocycles. The minimum absolute atomic E-state index is 0.502. The molecule has 0 radical (unpaired) electrons. The molecule has 1 rings (SSSR count). The molecule has 1 fully saturated rings. The van der Waals surface area contributed by atoms with Crippen LogP contribution < -0.4 is 10.6 Å². The first-order valence-corrected chi connectivity index (χ1v) is 8.25. The molecule has 0 atom stereocenters. The Hall–Kier alpha value is -1.18. The lowest BCUT2D eigenvalue weighted by molar-refractivity contribution is -0.139. The quantitative estimate of drug-likeness (QED) is 0.434. The van der Waals surface area contributed by atoms with Gasteiger partial charge in [-0.2, -0.15) is 0 Å². The number of nitrogens with one attached hydrogen (secondary N) is 2. The molecular weight excluding hydrogens is 284 g/mol. The SMILES string of the molecule is CCN(CC)CCNC(=O)C(=O)NCCCN1CCOCC1. The van der Waals surface area contributed by atoms with Gasteiger partial charge in [-0.25, -0.2) is 0 Å². The smallest absolute Gasteiger partial charge is 0.309 e. The van der Waals surface area contributed by atoms with Crippen molar-refractivity contribution in [2.75, 3.05) is 65.6 Å². The minimum Gasteiger partial charge on any atom is -0.379 e. The van der Waals surface area contributed by atoms with Gasteiger partial charge in [0.2, 0.25) is 0 Å². The summed E-state index contributed by atoms with van der Waals surface area (Å²) < 4.78 is 5.28. The molecule has 1 heterocycles. The lowest BCUT2D eigenvalue weighted by Crippen LogP contribution is -2.44. The number of nitrogens with zero attached hydrogens (tertiary/aromatic N) is 2. The number of likely N-dealkylation sites (N-methyl/N-ethyl adjacent to an activating group) is 1. The second-order valence-corrected chi connectivity index (χ2v) is 5.35. The van der Waals surface area contributed by atoms with Crippen molar-refractivity contribution < 1.29 is 14.3 Å². The first-order chi connectivity index (χ1) is 10.7. The summed E-state index contributed by atoms with van der Waals surface area (Å²) in [6.07, 6.45) is 0.846. The van der Waals surface area contributed by atoms with E-state index in [2.05, 4.69) is 34.3 Å². The van der Waals surface area contributed by atoms with Crippen LogP contribution in [0.1, 0.15) is 20.3 Å². The first-order valence-electron chi connectivity index (χ1n) is 8.25. The number of morpholine rings is 1. The van der Waals surface area contributed by atoms with E-state index in [4.69, 9.17) is 4.74 Å². The Labute approximate surface area is 133 Å². The van der Waals surface area contributed by atoms with E-state index < -0.39 is 11.8 Å². The zero-order valence-electron chi connectivity index (χ0n) is 13.9. The molecule has 0 bridgehead atoms. The fourth-order valence-corrected chi connectivity index (χ4v) is 2.36. The van der Waals surface area contributed by atoms with Crippen LogP contribution in [0.3, 0.4) is 0 Å². The van der Waals surface area contributed by atoms with Crippen molar-refractivity contribution >= 4 is 11.8 Å². The second kappa shape index (κ2) is 11.4. The van der Waals surface area contributed by atoms with Crippen LogP contribution in [-0.2, 0) is 14.3 Å². The number of carbonyl (C=O) groups is 2. The molecule has 2 N–H and O–H groups in total. The molecule has 0 aliphatic carbocycles. The maximum Gasteiger partial charge on any atom is 0.309 e. The summed E-state index contributed by atoms with van der Waals surface area (Å²) in [4.78, 5) is 27.8. The van der Waals surface area contributed by atoms with Gasteiger partial charge in [-0.15, -0.1) is 0 Å². The molecule has 7 nitrogen and oxygen atoms in total. The van der Waals surface area contributed by atoms with Crippen LogP contribution in [0.5, 0.6) is 0 Å². The van der Waals surface area contributed by atoms with Crippen LogP contribution >= 0.6 is 0 Å². The van der Waals surface area contributed by atoms with Crippen LogP contribution in [0.2, 0.25) is 0 Å². The molecule has 128 valence electrons. The van der Waals surface area contributed by atoms with Crippen LogP contribution in [-0.4, -0.2) is 87.2 Å².